The van der Waals surface area contributed by atoms with Crippen LogP contribution in [-0.2, 0) is 4.79 Å². The lowest BCUT2D eigenvalue weighted by Gasteiger charge is -1.91. The number of benzene rings is 1. The molecule has 1 aromatic heterocycles. The van der Waals surface area contributed by atoms with Gasteiger partial charge in [0, 0.05) is 22.3 Å². The lowest BCUT2D eigenvalue weighted by atomic mass is 10.1. The minimum absolute atomic E-state index is 0.169. The first-order chi connectivity index (χ1) is 8.18. The molecule has 17 heavy (non-hydrogen) atoms. The Hall–Kier alpha value is -1.06. The molecule has 0 saturated carbocycles. The molecule has 2 rings (SSSR count). The number of thiophene rings is 1. The zero-order valence-electron chi connectivity index (χ0n) is 9.90. The van der Waals surface area contributed by atoms with E-state index in [1.807, 2.05) is 0 Å². The van der Waals surface area contributed by atoms with Crippen molar-refractivity contribution in [1.82, 2.24) is 0 Å². The molecule has 0 aliphatic carbocycles. The average Bonchev–Trinajstić information content (AvgIpc) is 2.63. The van der Waals surface area contributed by atoms with Crippen molar-refractivity contribution in [3.8, 4) is 0 Å². The minimum atomic E-state index is 0.169. The first kappa shape index (κ1) is 12.4. The Morgan fingerprint density at radius 3 is 2.88 bits per heavy atom. The van der Waals surface area contributed by atoms with Crippen LogP contribution in [-0.4, -0.2) is 10.9 Å². The van der Waals surface area contributed by atoms with Gasteiger partial charge < -0.3 is 0 Å². The van der Waals surface area contributed by atoms with E-state index in [4.69, 9.17) is 0 Å². The normalized spacial score (nSPS) is 11.4. The summed E-state index contributed by atoms with van der Waals surface area (Å²) in [6.07, 6.45) is 4.18. The molecular formula is C14H14OS2. The van der Waals surface area contributed by atoms with Crippen molar-refractivity contribution in [2.75, 3.05) is 5.75 Å². The molecule has 1 nitrogen and oxygen atoms in total. The predicted molar refractivity (Wildman–Crippen MR) is 78.7 cm³/mol. The number of carbonyl (C=O) groups is 1. The fourth-order valence-corrected chi connectivity index (χ4v) is 3.24. The van der Waals surface area contributed by atoms with Crippen LogP contribution in [0.3, 0.4) is 0 Å². The maximum Gasteiger partial charge on any atom is 0.186 e. The van der Waals surface area contributed by atoms with E-state index in [1.54, 1.807) is 18.3 Å². The van der Waals surface area contributed by atoms with Gasteiger partial charge in [0.15, 0.2) is 5.12 Å². The van der Waals surface area contributed by atoms with Gasteiger partial charge in [-0.25, -0.2) is 0 Å². The predicted octanol–water partition coefficient (Wildman–Crippen LogP) is 4.50. The molecule has 0 bridgehead atoms. The molecule has 0 aliphatic heterocycles. The van der Waals surface area contributed by atoms with E-state index in [-0.39, 0.29) is 5.12 Å². The monoisotopic (exact) mass is 262 g/mol. The highest BCUT2D eigenvalue weighted by Crippen LogP contribution is 2.31. The van der Waals surface area contributed by atoms with Crippen molar-refractivity contribution in [3.05, 3.63) is 40.8 Å². The molecule has 0 N–H and O–H groups in total. The van der Waals surface area contributed by atoms with E-state index in [2.05, 4.69) is 43.3 Å². The van der Waals surface area contributed by atoms with E-state index in [1.165, 1.54) is 32.3 Å². The Labute approximate surface area is 110 Å². The van der Waals surface area contributed by atoms with Crippen molar-refractivity contribution < 1.29 is 4.79 Å². The van der Waals surface area contributed by atoms with E-state index >= 15 is 0 Å². The molecule has 2 aromatic rings. The topological polar surface area (TPSA) is 17.1 Å². The fourth-order valence-electron chi connectivity index (χ4n) is 1.67. The minimum Gasteiger partial charge on any atom is -0.288 e. The Morgan fingerprint density at radius 2 is 2.18 bits per heavy atom. The van der Waals surface area contributed by atoms with Gasteiger partial charge in [0.05, 0.1) is 0 Å². The molecule has 0 amide bonds. The molecule has 88 valence electrons. The lowest BCUT2D eigenvalue weighted by Crippen LogP contribution is -1.81. The third kappa shape index (κ3) is 2.99. The van der Waals surface area contributed by atoms with Crippen LogP contribution in [0.5, 0.6) is 0 Å². The zero-order chi connectivity index (χ0) is 12.3. The Kier molecular flexibility index (Phi) is 4.02. The second-order valence-corrected chi connectivity index (χ2v) is 6.07. The van der Waals surface area contributed by atoms with Crippen LogP contribution in [0.4, 0.5) is 0 Å². The van der Waals surface area contributed by atoms with Gasteiger partial charge >= 0.3 is 0 Å². The second-order valence-electron chi connectivity index (χ2n) is 3.79. The van der Waals surface area contributed by atoms with Crippen LogP contribution in [0, 0.1) is 6.92 Å². The summed E-state index contributed by atoms with van der Waals surface area (Å²) in [4.78, 5) is 12.1. The Bertz CT molecular complexity index is 567. The van der Waals surface area contributed by atoms with E-state index in [0.717, 1.165) is 5.75 Å². The van der Waals surface area contributed by atoms with Gasteiger partial charge in [-0.3, -0.25) is 4.79 Å². The van der Waals surface area contributed by atoms with E-state index < -0.39 is 0 Å². The molecule has 3 heteroatoms. The number of hydrogen-bond acceptors (Lipinski definition) is 3. The van der Waals surface area contributed by atoms with Crippen molar-refractivity contribution >= 4 is 44.4 Å². The summed E-state index contributed by atoms with van der Waals surface area (Å²) in [6, 6.07) is 8.44. The molecule has 0 spiro atoms. The van der Waals surface area contributed by atoms with E-state index in [9.17, 15) is 4.79 Å². The zero-order valence-corrected chi connectivity index (χ0v) is 11.5. The van der Waals surface area contributed by atoms with Gasteiger partial charge in [-0.05, 0) is 30.0 Å². The summed E-state index contributed by atoms with van der Waals surface area (Å²) in [6.45, 7) is 3.75. The molecular weight excluding hydrogens is 248 g/mol. The lowest BCUT2D eigenvalue weighted by molar-refractivity contribution is -0.109. The van der Waals surface area contributed by atoms with Gasteiger partial charge in [0.2, 0.25) is 0 Å². The van der Waals surface area contributed by atoms with Crippen LogP contribution in [0.1, 0.15) is 17.4 Å². The third-order valence-corrected chi connectivity index (χ3v) is 4.54. The molecule has 0 radical (unpaired) electrons. The molecule has 0 atom stereocenters. The van der Waals surface area contributed by atoms with Crippen LogP contribution < -0.4 is 0 Å². The number of carbonyl (C=O) groups excluding carboxylic acids is 1. The van der Waals surface area contributed by atoms with Crippen LogP contribution >= 0.6 is 23.1 Å². The maximum atomic E-state index is 10.8. The third-order valence-electron chi connectivity index (χ3n) is 2.53. The smallest absolute Gasteiger partial charge is 0.186 e. The summed E-state index contributed by atoms with van der Waals surface area (Å²) in [5, 5.41) is 1.50. The fraction of sp³-hybridized carbons (Fsp3) is 0.214. The molecule has 1 heterocycles. The van der Waals surface area contributed by atoms with Crippen LogP contribution in [0.15, 0.2) is 30.3 Å². The van der Waals surface area contributed by atoms with Crippen LogP contribution in [0.25, 0.3) is 16.2 Å². The van der Waals surface area contributed by atoms with Gasteiger partial charge in [-0.2, -0.15) is 0 Å². The Balaban J connectivity index is 2.19. The van der Waals surface area contributed by atoms with Gasteiger partial charge in [-0.1, -0.05) is 36.0 Å². The number of hydrogen-bond donors (Lipinski definition) is 0. The largest absolute Gasteiger partial charge is 0.288 e. The average molecular weight is 262 g/mol. The molecule has 0 aliphatic rings. The first-order valence-electron chi connectivity index (χ1n) is 5.46. The highest BCUT2D eigenvalue weighted by molar-refractivity contribution is 8.13. The highest BCUT2D eigenvalue weighted by Gasteiger charge is 2.04. The van der Waals surface area contributed by atoms with Crippen molar-refractivity contribution in [2.24, 2.45) is 0 Å². The summed E-state index contributed by atoms with van der Waals surface area (Å²) in [7, 11) is 0. The number of fused-ring (bicyclic) bond motifs is 1. The standard InChI is InChI=1S/C14H14OS2/c1-10-12-6-3-4-7-14(12)17-13(10)8-5-9-16-11(2)15/h3-8H,9H2,1-2H3. The van der Waals surface area contributed by atoms with Crippen LogP contribution in [0.2, 0.25) is 0 Å². The molecule has 1 aromatic carbocycles. The molecule has 0 saturated heterocycles. The van der Waals surface area contributed by atoms with Gasteiger partial charge in [-0.15, -0.1) is 11.3 Å². The highest BCUT2D eigenvalue weighted by atomic mass is 32.2. The number of rotatable bonds is 3. The summed E-state index contributed by atoms with van der Waals surface area (Å²) in [5.74, 6) is 0.753. The van der Waals surface area contributed by atoms with Crippen molar-refractivity contribution in [1.29, 1.82) is 0 Å². The second kappa shape index (κ2) is 5.52. The summed E-state index contributed by atoms with van der Waals surface area (Å²) < 4.78 is 1.32. The molecule has 0 fully saturated rings. The quantitative estimate of drug-likeness (QED) is 0.810. The van der Waals surface area contributed by atoms with Gasteiger partial charge in [0.25, 0.3) is 0 Å². The van der Waals surface area contributed by atoms with Gasteiger partial charge in [0.1, 0.15) is 0 Å². The number of aryl methyl sites for hydroxylation is 1. The summed E-state index contributed by atoms with van der Waals surface area (Å²) in [5.41, 5.74) is 1.33. The van der Waals surface area contributed by atoms with Crippen molar-refractivity contribution in [2.45, 2.75) is 13.8 Å². The Morgan fingerprint density at radius 1 is 1.41 bits per heavy atom. The maximum absolute atomic E-state index is 10.8. The number of thioether (sulfide) groups is 1. The first-order valence-corrected chi connectivity index (χ1v) is 7.26. The summed E-state index contributed by atoms with van der Waals surface area (Å²) >= 11 is 3.14. The van der Waals surface area contributed by atoms with Crippen molar-refractivity contribution in [3.63, 3.8) is 0 Å². The molecule has 0 unspecified atom stereocenters. The van der Waals surface area contributed by atoms with E-state index in [0.29, 0.717) is 0 Å². The SMILES string of the molecule is CC(=O)SCC=Cc1sc2ccccc2c1C.